The van der Waals surface area contributed by atoms with Gasteiger partial charge in [0.25, 0.3) is 0 Å². The average Bonchev–Trinajstić information content (AvgIpc) is 2.41. The van der Waals surface area contributed by atoms with Crippen LogP contribution >= 0.6 is 0 Å². The summed E-state index contributed by atoms with van der Waals surface area (Å²) < 4.78 is 240. The van der Waals surface area contributed by atoms with Crippen LogP contribution in [0, 0.1) is 0 Å². The summed E-state index contributed by atoms with van der Waals surface area (Å²) in [4.78, 5) is 0. The van der Waals surface area contributed by atoms with Crippen molar-refractivity contribution in [3.05, 3.63) is 0 Å². The lowest BCUT2D eigenvalue weighted by Crippen LogP contribution is -2.74. The molecule has 1 N–H and O–H groups in total. The Kier molecular flexibility index (Phi) is 6.50. The van der Waals surface area contributed by atoms with E-state index in [4.69, 9.17) is 5.11 Å². The number of aliphatic hydroxyl groups is 1. The Morgan fingerprint density at radius 1 is 0.367 bits per heavy atom. The van der Waals surface area contributed by atoms with Crippen molar-refractivity contribution in [2.45, 2.75) is 60.2 Å². The first-order valence-corrected chi connectivity index (χ1v) is 6.27. The molecule has 0 rings (SSSR count). The predicted octanol–water partition coefficient (Wildman–Crippen LogP) is 5.97. The fraction of sp³-hybridized carbons (Fsp3) is 1.00. The minimum absolute atomic E-state index is 4.41. The molecular formula is C10H3F19O. The van der Waals surface area contributed by atoms with Gasteiger partial charge in [-0.2, -0.15) is 83.4 Å². The highest BCUT2D eigenvalue weighted by atomic mass is 19.4. The van der Waals surface area contributed by atoms with Crippen LogP contribution in [0.25, 0.3) is 0 Å². The highest BCUT2D eigenvalue weighted by Crippen LogP contribution is 2.64. The monoisotopic (exact) mass is 500 g/mol. The van der Waals surface area contributed by atoms with E-state index in [0.717, 1.165) is 0 Å². The van der Waals surface area contributed by atoms with Crippen molar-refractivity contribution in [3.63, 3.8) is 0 Å². The van der Waals surface area contributed by atoms with Crippen molar-refractivity contribution < 1.29 is 88.5 Å². The Balaban J connectivity index is 6.70. The summed E-state index contributed by atoms with van der Waals surface area (Å²) >= 11 is 0. The standard InChI is InChI=1S/C10H3F19O/c11-2(12,1-3(13,14)15)4(16,17)5(18,19)6(20,21)7(22,23)8(24,25)9(26,27)10(28,29)30/h30H,1H2. The zero-order valence-electron chi connectivity index (χ0n) is 12.8. The average molecular weight is 500 g/mol. The van der Waals surface area contributed by atoms with Crippen LogP contribution in [-0.2, 0) is 0 Å². The lowest BCUT2D eigenvalue weighted by molar-refractivity contribution is -0.470. The zero-order valence-corrected chi connectivity index (χ0v) is 12.8. The maximum atomic E-state index is 13.1. The van der Waals surface area contributed by atoms with Gasteiger partial charge in [0.2, 0.25) is 0 Å². The molecule has 30 heavy (non-hydrogen) atoms. The van der Waals surface area contributed by atoms with E-state index < -0.39 is 60.2 Å². The van der Waals surface area contributed by atoms with Gasteiger partial charge >= 0.3 is 53.7 Å². The first kappa shape index (κ1) is 28.6. The van der Waals surface area contributed by atoms with E-state index in [-0.39, 0.29) is 0 Å². The molecule has 0 aromatic rings. The lowest BCUT2D eigenvalue weighted by Gasteiger charge is -2.43. The van der Waals surface area contributed by atoms with Crippen LogP contribution in [0.3, 0.4) is 0 Å². The van der Waals surface area contributed by atoms with Crippen molar-refractivity contribution in [1.82, 2.24) is 0 Å². The van der Waals surface area contributed by atoms with Gasteiger partial charge in [0, 0.05) is 0 Å². The van der Waals surface area contributed by atoms with E-state index in [0.29, 0.717) is 0 Å². The molecule has 182 valence electrons. The predicted molar refractivity (Wildman–Crippen MR) is 52.5 cm³/mol. The summed E-state index contributed by atoms with van der Waals surface area (Å²) in [7, 11) is 0. The third kappa shape index (κ3) is 3.82. The number of hydrogen-bond donors (Lipinski definition) is 1. The van der Waals surface area contributed by atoms with E-state index in [1.165, 1.54) is 0 Å². The summed E-state index contributed by atoms with van der Waals surface area (Å²) in [6, 6.07) is 0. The number of hydrogen-bond acceptors (Lipinski definition) is 1. The normalized spacial score (nSPS) is 16.8. The minimum Gasteiger partial charge on any atom is -0.331 e. The van der Waals surface area contributed by atoms with Gasteiger partial charge < -0.3 is 5.11 Å². The van der Waals surface area contributed by atoms with Crippen molar-refractivity contribution >= 4 is 0 Å². The van der Waals surface area contributed by atoms with Crippen LogP contribution in [0.15, 0.2) is 0 Å². The third-order valence-corrected chi connectivity index (χ3v) is 3.23. The second kappa shape index (κ2) is 6.81. The fourth-order valence-electron chi connectivity index (χ4n) is 1.57. The molecule has 0 aromatic heterocycles. The zero-order chi connectivity index (χ0) is 25.2. The molecule has 0 amide bonds. The van der Waals surface area contributed by atoms with Gasteiger partial charge in [-0.25, -0.2) is 0 Å². The molecule has 0 aliphatic heterocycles. The van der Waals surface area contributed by atoms with E-state index in [1.807, 2.05) is 0 Å². The van der Waals surface area contributed by atoms with Crippen LogP contribution in [0.5, 0.6) is 0 Å². The molecule has 0 bridgehead atoms. The molecule has 0 heterocycles. The molecule has 0 aliphatic rings. The van der Waals surface area contributed by atoms with Crippen molar-refractivity contribution in [1.29, 1.82) is 0 Å². The molecule has 0 fully saturated rings. The summed E-state index contributed by atoms with van der Waals surface area (Å²) in [5.41, 5.74) is 0. The smallest absolute Gasteiger partial charge is 0.331 e. The second-order valence-electron chi connectivity index (χ2n) is 5.48. The van der Waals surface area contributed by atoms with Crippen LogP contribution in [0.2, 0.25) is 0 Å². The summed E-state index contributed by atoms with van der Waals surface area (Å²) in [6.07, 6.45) is -18.4. The highest BCUT2D eigenvalue weighted by molar-refractivity contribution is 5.15. The summed E-state index contributed by atoms with van der Waals surface area (Å²) in [5.74, 6) is -58.6. The quantitative estimate of drug-likeness (QED) is 0.408. The Morgan fingerprint density at radius 3 is 0.833 bits per heavy atom. The van der Waals surface area contributed by atoms with E-state index in [9.17, 15) is 83.4 Å². The van der Waals surface area contributed by atoms with Gasteiger partial charge in [-0.1, -0.05) is 0 Å². The molecule has 0 saturated heterocycles. The topological polar surface area (TPSA) is 20.2 Å². The third-order valence-electron chi connectivity index (χ3n) is 3.23. The molecule has 0 atom stereocenters. The first-order chi connectivity index (χ1) is 12.5. The van der Waals surface area contributed by atoms with E-state index in [1.54, 1.807) is 0 Å². The van der Waals surface area contributed by atoms with Crippen LogP contribution < -0.4 is 0 Å². The van der Waals surface area contributed by atoms with Crippen LogP contribution in [-0.4, -0.2) is 58.8 Å². The van der Waals surface area contributed by atoms with Gasteiger partial charge in [0.05, 0.1) is 0 Å². The fourth-order valence-corrected chi connectivity index (χ4v) is 1.57. The molecule has 0 saturated carbocycles. The maximum absolute atomic E-state index is 13.1. The van der Waals surface area contributed by atoms with Gasteiger partial charge in [-0.05, 0) is 0 Å². The van der Waals surface area contributed by atoms with Crippen molar-refractivity contribution in [2.75, 3.05) is 0 Å². The molecule has 1 nitrogen and oxygen atoms in total. The molecule has 0 spiro atoms. The van der Waals surface area contributed by atoms with Crippen LogP contribution in [0.4, 0.5) is 83.4 Å². The number of halogens is 19. The highest BCUT2D eigenvalue weighted by Gasteiger charge is 2.95. The lowest BCUT2D eigenvalue weighted by atomic mass is 9.88. The summed E-state index contributed by atoms with van der Waals surface area (Å²) in [6.45, 7) is 0. The Bertz CT molecular complexity index is 622. The maximum Gasteiger partial charge on any atom is 0.423 e. The summed E-state index contributed by atoms with van der Waals surface area (Å²) in [5, 5.41) is 7.41. The van der Waals surface area contributed by atoms with Crippen molar-refractivity contribution in [2.24, 2.45) is 0 Å². The molecule has 0 aromatic carbocycles. The molecule has 0 aliphatic carbocycles. The van der Waals surface area contributed by atoms with Crippen molar-refractivity contribution in [3.8, 4) is 0 Å². The Morgan fingerprint density at radius 2 is 0.600 bits per heavy atom. The van der Waals surface area contributed by atoms with Gasteiger partial charge in [-0.15, -0.1) is 0 Å². The molecule has 0 radical (unpaired) electrons. The van der Waals surface area contributed by atoms with E-state index in [2.05, 4.69) is 0 Å². The van der Waals surface area contributed by atoms with Gasteiger partial charge in [0.15, 0.2) is 0 Å². The Labute approximate surface area is 150 Å². The van der Waals surface area contributed by atoms with Crippen LogP contribution in [0.1, 0.15) is 6.42 Å². The van der Waals surface area contributed by atoms with E-state index >= 15 is 0 Å². The Hall–Kier alpha value is -1.37. The first-order valence-electron chi connectivity index (χ1n) is 6.27. The van der Waals surface area contributed by atoms with Gasteiger partial charge in [0.1, 0.15) is 6.42 Å². The molecule has 20 heteroatoms. The largest absolute Gasteiger partial charge is 0.423 e. The minimum atomic E-state index is -8.82. The number of alkyl halides is 19. The second-order valence-corrected chi connectivity index (χ2v) is 5.48. The number of rotatable bonds is 8. The SMILES string of the molecule is OC(F)(F)C(F)(F)C(F)(F)C(F)(F)C(F)(F)C(F)(F)C(F)(F)C(F)(F)CC(F)(F)F. The molecular weight excluding hydrogens is 497 g/mol. The van der Waals surface area contributed by atoms with Gasteiger partial charge in [-0.3, -0.25) is 0 Å². The molecule has 0 unspecified atom stereocenters.